The molecule has 0 radical (unpaired) electrons. The summed E-state index contributed by atoms with van der Waals surface area (Å²) in [5, 5.41) is 3.32. The van der Waals surface area contributed by atoms with Crippen LogP contribution in [0.5, 0.6) is 0 Å². The van der Waals surface area contributed by atoms with Gasteiger partial charge in [0.05, 0.1) is 6.26 Å². The molecule has 2 atom stereocenters. The molecule has 0 amide bonds. The van der Waals surface area contributed by atoms with E-state index in [0.717, 1.165) is 25.8 Å². The number of hydrogen-bond acceptors (Lipinski definition) is 4. The van der Waals surface area contributed by atoms with E-state index in [-0.39, 0.29) is 0 Å². The Kier molecular flexibility index (Phi) is 6.04. The molecule has 0 aromatic rings. The summed E-state index contributed by atoms with van der Waals surface area (Å²) in [6, 6.07) is 0.435. The second-order valence-corrected chi connectivity index (χ2v) is 7.60. The highest BCUT2D eigenvalue weighted by Gasteiger charge is 2.27. The zero-order valence-corrected chi connectivity index (χ0v) is 12.8. The summed E-state index contributed by atoms with van der Waals surface area (Å²) in [6.45, 7) is 2.36. The third-order valence-electron chi connectivity index (χ3n) is 3.56. The van der Waals surface area contributed by atoms with Crippen molar-refractivity contribution in [3.8, 4) is 0 Å². The van der Waals surface area contributed by atoms with Crippen LogP contribution < -0.4 is 5.32 Å². The molecule has 6 heteroatoms. The van der Waals surface area contributed by atoms with Crippen molar-refractivity contribution in [3.63, 3.8) is 0 Å². The van der Waals surface area contributed by atoms with Crippen LogP contribution in [0.2, 0.25) is 0 Å². The van der Waals surface area contributed by atoms with Crippen molar-refractivity contribution in [1.29, 1.82) is 0 Å². The molecule has 0 spiro atoms. The first-order valence-corrected chi connectivity index (χ1v) is 8.45. The number of nitrogens with zero attached hydrogens (tertiary/aromatic N) is 2. The highest BCUT2D eigenvalue weighted by molar-refractivity contribution is 7.88. The number of rotatable bonds is 6. The standard InChI is InChI=1S/C12H27N3O2S/c1-13-12(10-14(2)3)8-11-6-5-7-15(9-11)18(4,16)17/h11-13H,5-10H2,1-4H3. The number of likely N-dealkylation sites (N-methyl/N-ethyl adjacent to an activating group) is 2. The van der Waals surface area contributed by atoms with Gasteiger partial charge >= 0.3 is 0 Å². The zero-order valence-electron chi connectivity index (χ0n) is 12.0. The van der Waals surface area contributed by atoms with Crippen LogP contribution in [0.3, 0.4) is 0 Å². The van der Waals surface area contributed by atoms with Crippen molar-refractivity contribution in [2.24, 2.45) is 5.92 Å². The van der Waals surface area contributed by atoms with Gasteiger partial charge in [0.1, 0.15) is 0 Å². The Labute approximate surface area is 112 Å². The number of piperidine rings is 1. The predicted octanol–water partition coefficient (Wildman–Crippen LogP) is 0.198. The first kappa shape index (κ1) is 15.9. The second-order valence-electron chi connectivity index (χ2n) is 5.61. The van der Waals surface area contributed by atoms with Crippen LogP contribution in [0.4, 0.5) is 0 Å². The van der Waals surface area contributed by atoms with Crippen molar-refractivity contribution in [3.05, 3.63) is 0 Å². The Morgan fingerprint density at radius 2 is 2.11 bits per heavy atom. The van der Waals surface area contributed by atoms with E-state index in [1.807, 2.05) is 7.05 Å². The van der Waals surface area contributed by atoms with Gasteiger partial charge in [0, 0.05) is 25.7 Å². The Morgan fingerprint density at radius 1 is 1.44 bits per heavy atom. The highest BCUT2D eigenvalue weighted by atomic mass is 32.2. The minimum atomic E-state index is -3.02. The molecular weight excluding hydrogens is 250 g/mol. The Bertz CT molecular complexity index is 343. The van der Waals surface area contributed by atoms with Gasteiger partial charge in [0.25, 0.3) is 0 Å². The molecule has 0 aromatic carbocycles. The lowest BCUT2D eigenvalue weighted by Gasteiger charge is -2.33. The third-order valence-corrected chi connectivity index (χ3v) is 4.83. The van der Waals surface area contributed by atoms with Gasteiger partial charge in [0.15, 0.2) is 0 Å². The Balaban J connectivity index is 2.51. The van der Waals surface area contributed by atoms with E-state index in [9.17, 15) is 8.42 Å². The van der Waals surface area contributed by atoms with Crippen molar-refractivity contribution < 1.29 is 8.42 Å². The lowest BCUT2D eigenvalue weighted by atomic mass is 9.92. The lowest BCUT2D eigenvalue weighted by Crippen LogP contribution is -2.43. The van der Waals surface area contributed by atoms with Crippen molar-refractivity contribution in [2.75, 3.05) is 47.0 Å². The smallest absolute Gasteiger partial charge is 0.211 e. The molecule has 1 aliphatic heterocycles. The molecule has 0 aromatic heterocycles. The molecule has 18 heavy (non-hydrogen) atoms. The Hall–Kier alpha value is -0.170. The van der Waals surface area contributed by atoms with E-state index >= 15 is 0 Å². The maximum absolute atomic E-state index is 11.6. The lowest BCUT2D eigenvalue weighted by molar-refractivity contribution is 0.224. The summed E-state index contributed by atoms with van der Waals surface area (Å²) in [4.78, 5) is 2.17. The summed E-state index contributed by atoms with van der Waals surface area (Å²) in [5.74, 6) is 0.478. The van der Waals surface area contributed by atoms with Gasteiger partial charge < -0.3 is 10.2 Å². The van der Waals surface area contributed by atoms with E-state index in [1.54, 1.807) is 4.31 Å². The van der Waals surface area contributed by atoms with Crippen molar-refractivity contribution >= 4 is 10.0 Å². The number of sulfonamides is 1. The third kappa shape index (κ3) is 5.22. The fourth-order valence-corrected chi connectivity index (χ4v) is 3.59. The van der Waals surface area contributed by atoms with Gasteiger partial charge in [-0.15, -0.1) is 0 Å². The molecular formula is C12H27N3O2S. The molecule has 1 N–H and O–H groups in total. The van der Waals surface area contributed by atoms with Crippen LogP contribution in [-0.4, -0.2) is 70.7 Å². The second kappa shape index (κ2) is 6.84. The van der Waals surface area contributed by atoms with E-state index in [2.05, 4.69) is 24.3 Å². The van der Waals surface area contributed by atoms with Crippen LogP contribution >= 0.6 is 0 Å². The summed E-state index contributed by atoms with van der Waals surface area (Å²) in [7, 11) is 3.08. The predicted molar refractivity (Wildman–Crippen MR) is 75.2 cm³/mol. The molecule has 108 valence electrons. The van der Waals surface area contributed by atoms with Crippen molar-refractivity contribution in [2.45, 2.75) is 25.3 Å². The molecule has 2 unspecified atom stereocenters. The van der Waals surface area contributed by atoms with Crippen LogP contribution in [0.25, 0.3) is 0 Å². The van der Waals surface area contributed by atoms with E-state index in [4.69, 9.17) is 0 Å². The first-order chi connectivity index (χ1) is 8.32. The van der Waals surface area contributed by atoms with E-state index in [1.165, 1.54) is 6.26 Å². The molecule has 1 fully saturated rings. The van der Waals surface area contributed by atoms with Gasteiger partial charge in [-0.1, -0.05) is 0 Å². The van der Waals surface area contributed by atoms with Crippen LogP contribution in [0.15, 0.2) is 0 Å². The fraction of sp³-hybridized carbons (Fsp3) is 1.00. The van der Waals surface area contributed by atoms with Gasteiger partial charge in [-0.25, -0.2) is 12.7 Å². The van der Waals surface area contributed by atoms with E-state index in [0.29, 0.717) is 25.0 Å². The minimum absolute atomic E-state index is 0.435. The number of nitrogens with one attached hydrogen (secondary N) is 1. The van der Waals surface area contributed by atoms with Gasteiger partial charge in [0.2, 0.25) is 10.0 Å². The molecule has 0 saturated carbocycles. The van der Waals surface area contributed by atoms with Gasteiger partial charge in [-0.3, -0.25) is 0 Å². The van der Waals surface area contributed by atoms with Crippen LogP contribution in [0.1, 0.15) is 19.3 Å². The first-order valence-electron chi connectivity index (χ1n) is 6.60. The zero-order chi connectivity index (χ0) is 13.8. The Morgan fingerprint density at radius 3 is 2.61 bits per heavy atom. The van der Waals surface area contributed by atoms with Crippen molar-refractivity contribution in [1.82, 2.24) is 14.5 Å². The summed E-state index contributed by atoms with van der Waals surface area (Å²) < 4.78 is 24.8. The van der Waals surface area contributed by atoms with Gasteiger partial charge in [-0.05, 0) is 46.3 Å². The normalized spacial score (nSPS) is 24.4. The fourth-order valence-electron chi connectivity index (χ4n) is 2.65. The molecule has 5 nitrogen and oxygen atoms in total. The highest BCUT2D eigenvalue weighted by Crippen LogP contribution is 2.22. The summed E-state index contributed by atoms with van der Waals surface area (Å²) in [6.07, 6.45) is 4.47. The van der Waals surface area contributed by atoms with Crippen LogP contribution in [0, 0.1) is 5.92 Å². The molecule has 1 saturated heterocycles. The topological polar surface area (TPSA) is 52.7 Å². The molecule has 0 aliphatic carbocycles. The quantitative estimate of drug-likeness (QED) is 0.753. The summed E-state index contributed by atoms with van der Waals surface area (Å²) in [5.41, 5.74) is 0. The summed E-state index contributed by atoms with van der Waals surface area (Å²) >= 11 is 0. The average Bonchev–Trinajstić information content (AvgIpc) is 2.26. The number of hydrogen-bond donors (Lipinski definition) is 1. The minimum Gasteiger partial charge on any atom is -0.316 e. The maximum Gasteiger partial charge on any atom is 0.211 e. The maximum atomic E-state index is 11.6. The molecule has 0 bridgehead atoms. The molecule has 1 heterocycles. The van der Waals surface area contributed by atoms with Gasteiger partial charge in [-0.2, -0.15) is 0 Å². The monoisotopic (exact) mass is 277 g/mol. The SMILES string of the molecule is CNC(CC1CCCN(S(C)(=O)=O)C1)CN(C)C. The molecule has 1 rings (SSSR count). The average molecular weight is 277 g/mol. The largest absolute Gasteiger partial charge is 0.316 e. The molecule has 1 aliphatic rings. The van der Waals surface area contributed by atoms with Crippen LogP contribution in [-0.2, 0) is 10.0 Å². The van der Waals surface area contributed by atoms with E-state index < -0.39 is 10.0 Å².